The number of hydrogen-bond donors (Lipinski definition) is 1. The lowest BCUT2D eigenvalue weighted by molar-refractivity contribution is 0.536. The molecule has 3 heteroatoms. The molecule has 52 heavy (non-hydrogen) atoms. The fourth-order valence-electron chi connectivity index (χ4n) is 4.55. The Balaban J connectivity index is -0.000000110. The Morgan fingerprint density at radius 1 is 0.808 bits per heavy atom. The smallest absolute Gasteiger partial charge is 0.0446 e. The van der Waals surface area contributed by atoms with Crippen LogP contribution in [-0.2, 0) is 0 Å². The van der Waals surface area contributed by atoms with Gasteiger partial charge in [0.1, 0.15) is 0 Å². The van der Waals surface area contributed by atoms with Crippen LogP contribution in [0.2, 0.25) is 0 Å². The number of fused-ring (bicyclic) bond motifs is 1. The summed E-state index contributed by atoms with van der Waals surface area (Å²) >= 11 is 0. The van der Waals surface area contributed by atoms with Crippen LogP contribution in [0.1, 0.15) is 180 Å². The predicted molar refractivity (Wildman–Crippen MR) is 257 cm³/mol. The van der Waals surface area contributed by atoms with Gasteiger partial charge in [0.15, 0.2) is 0 Å². The van der Waals surface area contributed by atoms with Crippen molar-refractivity contribution in [3.05, 3.63) is 101 Å². The monoisotopic (exact) mass is 743 g/mol. The third-order valence-electron chi connectivity index (χ3n) is 6.69. The second-order valence-corrected chi connectivity index (χ2v) is 11.2. The van der Waals surface area contributed by atoms with Gasteiger partial charge in [0, 0.05) is 30.5 Å². The van der Waals surface area contributed by atoms with Crippen molar-refractivity contribution in [2.45, 2.75) is 171 Å². The van der Waals surface area contributed by atoms with Crippen LogP contribution in [0, 0.1) is 12.8 Å². The molecule has 0 fully saturated rings. The quantitative estimate of drug-likeness (QED) is 0.216. The van der Waals surface area contributed by atoms with E-state index in [0.29, 0.717) is 0 Å². The van der Waals surface area contributed by atoms with E-state index >= 15 is 0 Å². The number of hydrogen-bond acceptors (Lipinski definition) is 2. The molecule has 1 heterocycles. The fourth-order valence-corrected chi connectivity index (χ4v) is 4.86. The first-order valence-electron chi connectivity index (χ1n) is 21.1. The van der Waals surface area contributed by atoms with Gasteiger partial charge in [0.2, 0.25) is 0 Å². The van der Waals surface area contributed by atoms with E-state index in [2.05, 4.69) is 131 Å². The van der Waals surface area contributed by atoms with Crippen LogP contribution in [0.4, 0.5) is 5.69 Å². The normalized spacial score (nSPS) is 10.7. The molecule has 0 saturated carbocycles. The Morgan fingerprint density at radius 2 is 1.27 bits per heavy atom. The molecule has 0 saturated heterocycles. The molecule has 306 valence electrons. The van der Waals surface area contributed by atoms with Gasteiger partial charge in [-0.05, 0) is 81.0 Å². The van der Waals surface area contributed by atoms with E-state index in [1.54, 1.807) is 0 Å². The lowest BCUT2D eigenvalue weighted by Crippen LogP contribution is -2.25. The van der Waals surface area contributed by atoms with Gasteiger partial charge in [-0.15, -0.1) is 9.24 Å². The van der Waals surface area contributed by atoms with Gasteiger partial charge in [-0.2, -0.15) is 0 Å². The van der Waals surface area contributed by atoms with E-state index in [1.165, 1.54) is 64.8 Å². The Kier molecular flexibility index (Phi) is 62.6. The van der Waals surface area contributed by atoms with Crippen molar-refractivity contribution in [2.75, 3.05) is 24.7 Å². The van der Waals surface area contributed by atoms with E-state index in [-0.39, 0.29) is 0 Å². The highest BCUT2D eigenvalue weighted by Gasteiger charge is 2.23. The summed E-state index contributed by atoms with van der Waals surface area (Å²) in [6, 6.07) is 17.3. The lowest BCUT2D eigenvalue weighted by atomic mass is 9.85. The SMILES string of the molecule is C=C(C)C(CC)CCC.C=C(C)C1=C(c2ccccc2)CN(C)c2ccc(C)cc21.CC.CC.CC.CC.CC.CC.CC/C(N)=C/CP.CCC. The molecule has 0 radical (unpaired) electrons. The summed E-state index contributed by atoms with van der Waals surface area (Å²) in [7, 11) is 4.76. The molecule has 2 nitrogen and oxygen atoms in total. The first-order chi connectivity index (χ1) is 25.0. The minimum atomic E-state index is 0.773. The summed E-state index contributed by atoms with van der Waals surface area (Å²) in [5, 5.41) is 0. The highest BCUT2D eigenvalue weighted by atomic mass is 31.0. The van der Waals surface area contributed by atoms with Gasteiger partial charge in [0.25, 0.3) is 0 Å². The molecule has 0 amide bonds. The summed E-state index contributed by atoms with van der Waals surface area (Å²) < 4.78 is 0. The summed E-state index contributed by atoms with van der Waals surface area (Å²) in [5.74, 6) is 0.773. The highest BCUT2D eigenvalue weighted by Crippen LogP contribution is 2.41. The van der Waals surface area contributed by atoms with Gasteiger partial charge in [-0.1, -0.05) is 203 Å². The van der Waals surface area contributed by atoms with Crippen LogP contribution < -0.4 is 10.6 Å². The number of anilines is 1. The molecule has 0 aliphatic carbocycles. The van der Waals surface area contributed by atoms with Crippen LogP contribution >= 0.6 is 9.24 Å². The van der Waals surface area contributed by atoms with Crippen LogP contribution in [0.5, 0.6) is 0 Å². The second kappa shape index (κ2) is 50.5. The lowest BCUT2D eigenvalue weighted by Gasteiger charge is -2.32. The maximum absolute atomic E-state index is 5.43. The first kappa shape index (κ1) is 64.4. The van der Waals surface area contributed by atoms with Crippen LogP contribution in [0.25, 0.3) is 11.1 Å². The number of nitrogens with two attached hydrogens (primary N) is 1. The standard InChI is InChI=1S/C20H21N.C9H18.C5H12NP.C3H8.6C2H6/c1-14(2)20-17-12-15(3)10-11-19(17)21(4)13-18(20)16-8-6-5-7-9-16;1-5-7-9(6-2)8(3)4;1-2-5(6)3-4-7;1-3-2;6*1-2/h5-12H,1,13H2,2-4H3;9H,3,5-7H2,1-2,4H3;3H,2,4,6-7H2,1H3;3H2,1-2H3;6*1-2H3/b;;5-3-;;;;;;;. The molecule has 0 aromatic heterocycles. The molecular weight excluding hydrogens is 648 g/mol. The molecule has 1 aliphatic rings. The number of nitrogens with zero attached hydrogens (tertiary/aromatic N) is 1. The molecular formula is C49H95N2P. The third kappa shape index (κ3) is 32.1. The van der Waals surface area contributed by atoms with Crippen LogP contribution in [0.3, 0.4) is 0 Å². The summed E-state index contributed by atoms with van der Waals surface area (Å²) in [6.07, 6.45) is 9.04. The number of likely N-dealkylation sites (N-methyl/N-ethyl adjacent to an activating group) is 1. The van der Waals surface area contributed by atoms with Gasteiger partial charge < -0.3 is 10.6 Å². The molecule has 3 rings (SSSR count). The maximum Gasteiger partial charge on any atom is 0.0446 e. The number of benzene rings is 2. The average Bonchev–Trinajstić information content (AvgIpc) is 3.19. The maximum atomic E-state index is 5.43. The first-order valence-corrected chi connectivity index (χ1v) is 21.9. The Bertz CT molecular complexity index is 1080. The van der Waals surface area contributed by atoms with E-state index in [0.717, 1.165) is 36.3 Å². The predicted octanol–water partition coefficient (Wildman–Crippen LogP) is 17.0. The van der Waals surface area contributed by atoms with Gasteiger partial charge >= 0.3 is 0 Å². The topological polar surface area (TPSA) is 29.3 Å². The molecule has 2 N–H and O–H groups in total. The minimum Gasteiger partial charge on any atom is -0.402 e. The zero-order valence-electron chi connectivity index (χ0n) is 39.2. The zero-order chi connectivity index (χ0) is 42.7. The molecule has 0 spiro atoms. The Hall–Kier alpha value is -2.57. The van der Waals surface area contributed by atoms with Crippen molar-refractivity contribution >= 4 is 26.1 Å². The molecule has 0 bridgehead atoms. The van der Waals surface area contributed by atoms with Crippen molar-refractivity contribution in [3.8, 4) is 0 Å². The van der Waals surface area contributed by atoms with Gasteiger partial charge in [0.05, 0.1) is 0 Å². The van der Waals surface area contributed by atoms with E-state index in [1.807, 2.05) is 96.1 Å². The summed E-state index contributed by atoms with van der Waals surface area (Å²) in [4.78, 5) is 2.32. The van der Waals surface area contributed by atoms with Crippen molar-refractivity contribution in [1.29, 1.82) is 0 Å². The minimum absolute atomic E-state index is 0.773. The fraction of sp³-hybridized carbons (Fsp3) is 0.592. The number of aryl methyl sites for hydroxylation is 1. The van der Waals surface area contributed by atoms with E-state index in [9.17, 15) is 0 Å². The zero-order valence-corrected chi connectivity index (χ0v) is 40.4. The van der Waals surface area contributed by atoms with Gasteiger partial charge in [-0.3, -0.25) is 0 Å². The van der Waals surface area contributed by atoms with Crippen molar-refractivity contribution in [1.82, 2.24) is 0 Å². The van der Waals surface area contributed by atoms with Crippen LogP contribution in [0.15, 0.2) is 84.6 Å². The van der Waals surface area contributed by atoms with Crippen molar-refractivity contribution in [3.63, 3.8) is 0 Å². The number of rotatable bonds is 8. The molecule has 2 atom stereocenters. The van der Waals surface area contributed by atoms with Crippen molar-refractivity contribution in [2.24, 2.45) is 11.7 Å². The summed E-state index contributed by atoms with van der Waals surface area (Å²) in [5.41, 5.74) is 16.7. The van der Waals surface area contributed by atoms with E-state index in [4.69, 9.17) is 5.73 Å². The Morgan fingerprint density at radius 3 is 1.58 bits per heavy atom. The average molecular weight is 743 g/mol. The Labute approximate surface area is 333 Å². The molecule has 2 unspecified atom stereocenters. The molecule has 2 aromatic carbocycles. The van der Waals surface area contributed by atoms with E-state index < -0.39 is 0 Å². The highest BCUT2D eigenvalue weighted by molar-refractivity contribution is 7.16. The largest absolute Gasteiger partial charge is 0.402 e. The number of allylic oxidation sites excluding steroid dienone is 5. The van der Waals surface area contributed by atoms with Crippen molar-refractivity contribution < 1.29 is 0 Å². The third-order valence-corrected chi connectivity index (χ3v) is 6.93. The second-order valence-electron chi connectivity index (χ2n) is 10.7. The summed E-state index contributed by atoms with van der Waals surface area (Å²) in [6.45, 7) is 50.2. The molecule has 2 aromatic rings. The van der Waals surface area contributed by atoms with Crippen LogP contribution in [-0.4, -0.2) is 19.8 Å². The molecule has 1 aliphatic heterocycles. The van der Waals surface area contributed by atoms with Gasteiger partial charge in [-0.25, -0.2) is 0 Å².